The molecule has 1 fully saturated rings. The molecule has 0 N–H and O–H groups in total. The van der Waals surface area contributed by atoms with E-state index in [-0.39, 0.29) is 23.7 Å². The second kappa shape index (κ2) is 5.95. The highest BCUT2D eigenvalue weighted by molar-refractivity contribution is 6.25. The van der Waals surface area contributed by atoms with Gasteiger partial charge in [0.15, 0.2) is 0 Å². The third-order valence-electron chi connectivity index (χ3n) is 8.00. The molecule has 32 heavy (non-hydrogen) atoms. The summed E-state index contributed by atoms with van der Waals surface area (Å²) in [7, 11) is 0. The van der Waals surface area contributed by atoms with Crippen molar-refractivity contribution < 1.29 is 9.59 Å². The van der Waals surface area contributed by atoms with E-state index in [2.05, 4.69) is 24.3 Å². The minimum Gasteiger partial charge on any atom is -0.274 e. The number of nitrogens with zero attached hydrogens (tertiary/aromatic N) is 1. The molecule has 154 valence electrons. The van der Waals surface area contributed by atoms with Crippen molar-refractivity contribution in [2.75, 3.05) is 4.90 Å². The van der Waals surface area contributed by atoms with Crippen molar-refractivity contribution in [3.63, 3.8) is 0 Å². The number of hydrogen-bond acceptors (Lipinski definition) is 2. The molecule has 2 amide bonds. The predicted octanol–water partition coefficient (Wildman–Crippen LogP) is 5.63. The van der Waals surface area contributed by atoms with E-state index in [0.29, 0.717) is 5.69 Å². The van der Waals surface area contributed by atoms with E-state index in [4.69, 9.17) is 0 Å². The van der Waals surface area contributed by atoms with Gasteiger partial charge in [-0.15, -0.1) is 0 Å². The van der Waals surface area contributed by atoms with E-state index in [1.165, 1.54) is 27.2 Å². The first kappa shape index (κ1) is 17.9. The summed E-state index contributed by atoms with van der Waals surface area (Å²) in [4.78, 5) is 29.6. The van der Waals surface area contributed by atoms with Gasteiger partial charge < -0.3 is 0 Å². The summed E-state index contributed by atoms with van der Waals surface area (Å²) in [6, 6.07) is 30.6. The Morgan fingerprint density at radius 3 is 1.91 bits per heavy atom. The molecule has 2 atom stereocenters. The summed E-state index contributed by atoms with van der Waals surface area (Å²) in [6.45, 7) is 2.02. The average molecular weight is 415 g/mol. The molecule has 3 aliphatic carbocycles. The van der Waals surface area contributed by atoms with Crippen molar-refractivity contribution in [2.45, 2.75) is 18.8 Å². The second-order valence-corrected chi connectivity index (χ2v) is 9.44. The topological polar surface area (TPSA) is 37.4 Å². The fourth-order valence-corrected chi connectivity index (χ4v) is 6.68. The lowest BCUT2D eigenvalue weighted by atomic mass is 9.48. The van der Waals surface area contributed by atoms with E-state index in [0.717, 1.165) is 10.8 Å². The summed E-state index contributed by atoms with van der Waals surface area (Å²) in [5, 5.41) is 2.12. The van der Waals surface area contributed by atoms with Gasteiger partial charge in [-0.3, -0.25) is 9.59 Å². The zero-order valence-electron chi connectivity index (χ0n) is 17.7. The van der Waals surface area contributed by atoms with Crippen LogP contribution < -0.4 is 4.90 Å². The van der Waals surface area contributed by atoms with E-state index in [9.17, 15) is 9.59 Å². The molecule has 2 bridgehead atoms. The summed E-state index contributed by atoms with van der Waals surface area (Å²) in [6.07, 6.45) is 0. The number of benzene rings is 4. The van der Waals surface area contributed by atoms with Crippen LogP contribution in [0.2, 0.25) is 0 Å². The van der Waals surface area contributed by atoms with E-state index >= 15 is 0 Å². The first-order valence-corrected chi connectivity index (χ1v) is 11.2. The largest absolute Gasteiger partial charge is 0.274 e. The number of imide groups is 1. The lowest BCUT2D eigenvalue weighted by molar-refractivity contribution is -0.128. The summed E-state index contributed by atoms with van der Waals surface area (Å²) < 4.78 is 0. The van der Waals surface area contributed by atoms with Crippen molar-refractivity contribution in [3.05, 3.63) is 113 Å². The van der Waals surface area contributed by atoms with E-state index in [1.54, 1.807) is 0 Å². The number of carbonyl (C=O) groups excluding carboxylic acids is 2. The molecule has 3 heteroatoms. The Morgan fingerprint density at radius 2 is 1.25 bits per heavy atom. The smallest absolute Gasteiger partial charge is 0.241 e. The van der Waals surface area contributed by atoms with Crippen LogP contribution in [0.4, 0.5) is 5.69 Å². The van der Waals surface area contributed by atoms with Crippen LogP contribution >= 0.6 is 0 Å². The maximum Gasteiger partial charge on any atom is 0.241 e. The van der Waals surface area contributed by atoms with Crippen molar-refractivity contribution >= 4 is 28.3 Å². The first-order chi connectivity index (χ1) is 15.6. The lowest BCUT2D eigenvalue weighted by Gasteiger charge is -2.51. The Labute approximate surface area is 186 Å². The van der Waals surface area contributed by atoms with Gasteiger partial charge in [-0.2, -0.15) is 0 Å². The molecule has 0 unspecified atom stereocenters. The lowest BCUT2D eigenvalue weighted by Crippen LogP contribution is -2.49. The molecule has 1 aliphatic heterocycles. The van der Waals surface area contributed by atoms with Crippen LogP contribution in [0.5, 0.6) is 0 Å². The van der Waals surface area contributed by atoms with Gasteiger partial charge in [-0.1, -0.05) is 78.9 Å². The van der Waals surface area contributed by atoms with E-state index < -0.39 is 11.3 Å². The Balaban J connectivity index is 1.46. The van der Waals surface area contributed by atoms with E-state index in [1.807, 2.05) is 73.7 Å². The summed E-state index contributed by atoms with van der Waals surface area (Å²) in [5.41, 5.74) is 4.64. The highest BCUT2D eigenvalue weighted by Gasteiger charge is 2.68. The van der Waals surface area contributed by atoms with Gasteiger partial charge in [0.05, 0.1) is 17.0 Å². The van der Waals surface area contributed by atoms with Crippen LogP contribution in [0, 0.1) is 11.3 Å². The fourth-order valence-electron chi connectivity index (χ4n) is 6.68. The van der Waals surface area contributed by atoms with Gasteiger partial charge in [0, 0.05) is 11.8 Å². The van der Waals surface area contributed by atoms with Crippen LogP contribution in [0.15, 0.2) is 91.0 Å². The minimum absolute atomic E-state index is 0.0770. The number of amides is 2. The molecule has 1 heterocycles. The number of carbonyl (C=O) groups is 2. The summed E-state index contributed by atoms with van der Waals surface area (Å²) >= 11 is 0. The van der Waals surface area contributed by atoms with Crippen LogP contribution in [0.1, 0.15) is 41.0 Å². The van der Waals surface area contributed by atoms with Gasteiger partial charge in [-0.25, -0.2) is 4.90 Å². The van der Waals surface area contributed by atoms with Gasteiger partial charge in [0.25, 0.3) is 0 Å². The SMILES string of the molecule is C[C@@]12C(=O)N(c3ccc4ccccc4c3)C(=O)[C@@H]1C1c3ccccc3C2c2ccccc21. The molecule has 4 aromatic rings. The predicted molar refractivity (Wildman–Crippen MR) is 125 cm³/mol. The Kier molecular flexibility index (Phi) is 3.33. The van der Waals surface area contributed by atoms with Gasteiger partial charge >= 0.3 is 0 Å². The number of rotatable bonds is 1. The van der Waals surface area contributed by atoms with Gasteiger partial charge in [-0.05, 0) is 52.1 Å². The quantitative estimate of drug-likeness (QED) is 0.378. The standard InChI is InChI=1S/C29H21NO2/c1-29-25-22-12-6-4-10-20(22)24(21-11-5-7-13-23(21)25)26(29)27(31)30(28(29)32)19-15-14-17-8-2-3-9-18(17)16-19/h2-16,24-26H,1H3/t24?,25?,26-,29-/m0/s1. The molecule has 3 nitrogen and oxygen atoms in total. The average Bonchev–Trinajstić information content (AvgIpc) is 3.04. The zero-order chi connectivity index (χ0) is 21.6. The Bertz CT molecular complexity index is 1420. The molecule has 0 aromatic heterocycles. The van der Waals surface area contributed by atoms with Crippen molar-refractivity contribution in [3.8, 4) is 0 Å². The zero-order valence-corrected chi connectivity index (χ0v) is 17.7. The second-order valence-electron chi connectivity index (χ2n) is 9.44. The third kappa shape index (κ3) is 1.97. The third-order valence-corrected chi connectivity index (χ3v) is 8.00. The molecule has 0 radical (unpaired) electrons. The van der Waals surface area contributed by atoms with Crippen LogP contribution in [0.25, 0.3) is 10.8 Å². The molecule has 4 aliphatic rings. The molecule has 1 saturated heterocycles. The van der Waals surface area contributed by atoms with Gasteiger partial charge in [0.1, 0.15) is 0 Å². The summed E-state index contributed by atoms with van der Waals surface area (Å²) in [5.74, 6) is -0.768. The Hall–Kier alpha value is -3.72. The van der Waals surface area contributed by atoms with Gasteiger partial charge in [0.2, 0.25) is 11.8 Å². The molecular weight excluding hydrogens is 394 g/mol. The monoisotopic (exact) mass is 415 g/mol. The van der Waals surface area contributed by atoms with Crippen LogP contribution in [-0.2, 0) is 9.59 Å². The molecule has 4 aromatic carbocycles. The van der Waals surface area contributed by atoms with Crippen molar-refractivity contribution in [1.82, 2.24) is 0 Å². The molecule has 8 rings (SSSR count). The van der Waals surface area contributed by atoms with Crippen molar-refractivity contribution in [2.24, 2.45) is 11.3 Å². The van der Waals surface area contributed by atoms with Crippen LogP contribution in [0.3, 0.4) is 0 Å². The number of hydrogen-bond donors (Lipinski definition) is 0. The molecular formula is C29H21NO2. The molecule has 0 spiro atoms. The highest BCUT2D eigenvalue weighted by atomic mass is 16.2. The van der Waals surface area contributed by atoms with Crippen molar-refractivity contribution in [1.29, 1.82) is 0 Å². The number of anilines is 1. The molecule has 0 saturated carbocycles. The fraction of sp³-hybridized carbons (Fsp3) is 0.172. The normalized spacial score (nSPS) is 27.4. The maximum absolute atomic E-state index is 14.1. The minimum atomic E-state index is -0.796. The Morgan fingerprint density at radius 1 is 0.688 bits per heavy atom. The number of fused-ring (bicyclic) bond motifs is 1. The van der Waals surface area contributed by atoms with Crippen LogP contribution in [-0.4, -0.2) is 11.8 Å². The highest BCUT2D eigenvalue weighted by Crippen LogP contribution is 2.67. The maximum atomic E-state index is 14.1. The first-order valence-electron chi connectivity index (χ1n) is 11.2.